The van der Waals surface area contributed by atoms with Crippen molar-refractivity contribution in [1.82, 2.24) is 14.5 Å². The summed E-state index contributed by atoms with van der Waals surface area (Å²) < 4.78 is 47.2. The SMILES string of the molecule is CC1C=C(OCCC2OCCCO2)C=CC1c1ccc(Cn2ccc3nc(C4=C(F)C(F)CC=C4)nc-3c2)cc1. The van der Waals surface area contributed by atoms with Crippen LogP contribution in [0.5, 0.6) is 0 Å². The fourth-order valence-corrected chi connectivity index (χ4v) is 5.34. The summed E-state index contributed by atoms with van der Waals surface area (Å²) in [6.07, 6.45) is 13.4. The highest BCUT2D eigenvalue weighted by molar-refractivity contribution is 5.76. The van der Waals surface area contributed by atoms with Crippen LogP contribution in [-0.2, 0) is 20.8 Å². The van der Waals surface area contributed by atoms with Crippen molar-refractivity contribution in [3.05, 3.63) is 102 Å². The minimum absolute atomic E-state index is 0.0448. The van der Waals surface area contributed by atoms with E-state index in [0.29, 0.717) is 30.5 Å². The van der Waals surface area contributed by atoms with E-state index in [9.17, 15) is 8.78 Å². The Balaban J connectivity index is 1.07. The highest BCUT2D eigenvalue weighted by Crippen LogP contribution is 2.33. The van der Waals surface area contributed by atoms with Gasteiger partial charge in [0.05, 0.1) is 31.1 Å². The second-order valence-electron chi connectivity index (χ2n) is 10.5. The van der Waals surface area contributed by atoms with E-state index in [1.807, 2.05) is 23.0 Å². The molecule has 3 atom stereocenters. The smallest absolute Gasteiger partial charge is 0.163 e. The number of hydrogen-bond acceptors (Lipinski definition) is 5. The first-order valence-corrected chi connectivity index (χ1v) is 13.9. The van der Waals surface area contributed by atoms with Crippen LogP contribution < -0.4 is 0 Å². The van der Waals surface area contributed by atoms with Gasteiger partial charge >= 0.3 is 0 Å². The van der Waals surface area contributed by atoms with E-state index in [0.717, 1.165) is 37.4 Å². The van der Waals surface area contributed by atoms with Crippen molar-refractivity contribution < 1.29 is 23.0 Å². The van der Waals surface area contributed by atoms with Gasteiger partial charge in [0.25, 0.3) is 0 Å². The Kier molecular flexibility index (Phi) is 7.89. The summed E-state index contributed by atoms with van der Waals surface area (Å²) >= 11 is 0. The second kappa shape index (κ2) is 11.9. The number of imidazole rings is 1. The summed E-state index contributed by atoms with van der Waals surface area (Å²) in [5.74, 6) is 0.900. The Morgan fingerprint density at radius 1 is 1.05 bits per heavy atom. The van der Waals surface area contributed by atoms with E-state index in [-0.39, 0.29) is 30.0 Å². The minimum Gasteiger partial charge on any atom is -0.494 e. The summed E-state index contributed by atoms with van der Waals surface area (Å²) in [6.45, 7) is 4.94. The van der Waals surface area contributed by atoms with Crippen molar-refractivity contribution in [3.63, 3.8) is 0 Å². The van der Waals surface area contributed by atoms with Crippen molar-refractivity contribution >= 4 is 5.57 Å². The minimum atomic E-state index is -1.63. The number of aromatic nitrogens is 3. The third-order valence-corrected chi connectivity index (χ3v) is 7.54. The third kappa shape index (κ3) is 5.93. The molecule has 6 rings (SSSR count). The summed E-state index contributed by atoms with van der Waals surface area (Å²) in [5.41, 5.74) is 3.83. The van der Waals surface area contributed by atoms with E-state index in [4.69, 9.17) is 14.2 Å². The largest absolute Gasteiger partial charge is 0.494 e. The monoisotopic (exact) mass is 545 g/mol. The van der Waals surface area contributed by atoms with Gasteiger partial charge in [-0.25, -0.2) is 18.7 Å². The third-order valence-electron chi connectivity index (χ3n) is 7.54. The predicted molar refractivity (Wildman–Crippen MR) is 149 cm³/mol. The molecule has 1 aromatic carbocycles. The Morgan fingerprint density at radius 2 is 1.85 bits per heavy atom. The van der Waals surface area contributed by atoms with Crippen LogP contribution in [0.25, 0.3) is 17.0 Å². The number of rotatable bonds is 8. The zero-order valence-corrected chi connectivity index (χ0v) is 22.5. The maximum absolute atomic E-state index is 14.3. The summed E-state index contributed by atoms with van der Waals surface area (Å²) in [5, 5.41) is 0. The lowest BCUT2D eigenvalue weighted by atomic mass is 9.83. The molecule has 6 nitrogen and oxygen atoms in total. The van der Waals surface area contributed by atoms with Gasteiger partial charge in [0.1, 0.15) is 17.3 Å². The molecule has 0 N–H and O–H groups in total. The maximum atomic E-state index is 14.3. The molecule has 3 aliphatic heterocycles. The topological polar surface area (TPSA) is 58.4 Å². The average Bonchev–Trinajstić information content (AvgIpc) is 3.39. The number of alkyl halides is 1. The van der Waals surface area contributed by atoms with Crippen LogP contribution in [-0.4, -0.2) is 46.8 Å². The number of nitrogens with zero attached hydrogens (tertiary/aromatic N) is 3. The Bertz CT molecular complexity index is 1420. The van der Waals surface area contributed by atoms with Gasteiger partial charge in [0, 0.05) is 37.7 Å². The lowest BCUT2D eigenvalue weighted by molar-refractivity contribution is -0.184. The molecule has 1 saturated heterocycles. The quantitative estimate of drug-likeness (QED) is 0.313. The molecule has 40 heavy (non-hydrogen) atoms. The number of halogens is 2. The van der Waals surface area contributed by atoms with E-state index in [1.165, 1.54) is 5.56 Å². The number of benzene rings is 1. The van der Waals surface area contributed by atoms with Crippen molar-refractivity contribution in [3.8, 4) is 11.4 Å². The lowest BCUT2D eigenvalue weighted by Gasteiger charge is -2.25. The van der Waals surface area contributed by atoms with Gasteiger partial charge in [-0.15, -0.1) is 0 Å². The molecule has 0 amide bonds. The van der Waals surface area contributed by atoms with Crippen LogP contribution in [0.1, 0.15) is 49.1 Å². The molecule has 0 spiro atoms. The first-order chi connectivity index (χ1) is 19.5. The van der Waals surface area contributed by atoms with Crippen LogP contribution in [0.15, 0.2) is 84.7 Å². The van der Waals surface area contributed by atoms with Crippen LogP contribution >= 0.6 is 0 Å². The number of ether oxygens (including phenoxy) is 3. The van der Waals surface area contributed by atoms with Crippen LogP contribution in [0.4, 0.5) is 8.78 Å². The second-order valence-corrected chi connectivity index (χ2v) is 10.5. The molecule has 3 heterocycles. The summed E-state index contributed by atoms with van der Waals surface area (Å²) in [4.78, 5) is 8.88. The molecular weight excluding hydrogens is 512 g/mol. The van der Waals surface area contributed by atoms with Gasteiger partial charge in [-0.05, 0) is 41.7 Å². The summed E-state index contributed by atoms with van der Waals surface area (Å²) in [7, 11) is 0. The highest BCUT2D eigenvalue weighted by atomic mass is 19.2. The van der Waals surface area contributed by atoms with Gasteiger partial charge in [-0.2, -0.15) is 0 Å². The molecule has 1 aromatic rings. The molecular formula is C32H33F2N3O3. The molecule has 208 valence electrons. The van der Waals surface area contributed by atoms with Crippen molar-refractivity contribution in [2.75, 3.05) is 19.8 Å². The van der Waals surface area contributed by atoms with Crippen LogP contribution in [0.2, 0.25) is 0 Å². The first kappa shape index (κ1) is 26.6. The molecule has 0 radical (unpaired) electrons. The van der Waals surface area contributed by atoms with E-state index in [1.54, 1.807) is 12.2 Å². The van der Waals surface area contributed by atoms with Gasteiger partial charge in [0.15, 0.2) is 18.3 Å². The zero-order chi connectivity index (χ0) is 27.5. The highest BCUT2D eigenvalue weighted by Gasteiger charge is 2.24. The standard InChI is InChI=1S/C32H33F2N3O3/c1-21-18-24(38-17-13-30-39-15-3-16-40-30)10-11-25(21)23-8-6-22(7-9-23)19-37-14-12-28-29(20-37)36-32(35-28)26-4-2-5-27(33)31(26)34/h2,4,6-12,14,18,20-21,25,27,30H,3,5,13,15-17,19H2,1H3. The molecule has 8 heteroatoms. The molecule has 5 aliphatic rings. The Hall–Kier alpha value is -3.62. The summed E-state index contributed by atoms with van der Waals surface area (Å²) in [6, 6.07) is 10.5. The molecule has 0 saturated carbocycles. The van der Waals surface area contributed by atoms with Crippen molar-refractivity contribution in [2.45, 2.75) is 51.1 Å². The molecule has 1 fully saturated rings. The van der Waals surface area contributed by atoms with Crippen LogP contribution in [0.3, 0.4) is 0 Å². The van der Waals surface area contributed by atoms with E-state index < -0.39 is 12.0 Å². The zero-order valence-electron chi connectivity index (χ0n) is 22.5. The van der Waals surface area contributed by atoms with Gasteiger partial charge in [-0.3, -0.25) is 0 Å². The molecule has 3 unspecified atom stereocenters. The number of fused-ring (bicyclic) bond motifs is 1. The normalized spacial score (nSPS) is 23.6. The molecule has 2 aliphatic carbocycles. The van der Waals surface area contributed by atoms with Crippen molar-refractivity contribution in [1.29, 1.82) is 0 Å². The number of hydrogen-bond donors (Lipinski definition) is 0. The fraction of sp³-hybridized carbons (Fsp3) is 0.375. The first-order valence-electron chi connectivity index (χ1n) is 13.9. The van der Waals surface area contributed by atoms with Crippen LogP contribution in [0, 0.1) is 5.92 Å². The predicted octanol–water partition coefficient (Wildman–Crippen LogP) is 6.75. The van der Waals surface area contributed by atoms with E-state index in [2.05, 4.69) is 59.4 Å². The van der Waals surface area contributed by atoms with Gasteiger partial charge in [0.2, 0.25) is 0 Å². The Morgan fingerprint density at radius 3 is 2.65 bits per heavy atom. The van der Waals surface area contributed by atoms with Gasteiger partial charge < -0.3 is 18.8 Å². The number of pyridine rings is 1. The van der Waals surface area contributed by atoms with E-state index >= 15 is 0 Å². The van der Waals surface area contributed by atoms with Gasteiger partial charge in [-0.1, -0.05) is 49.4 Å². The lowest BCUT2D eigenvalue weighted by Crippen LogP contribution is -2.26. The molecule has 0 bridgehead atoms. The molecule has 0 aromatic heterocycles. The average molecular weight is 546 g/mol. The maximum Gasteiger partial charge on any atom is 0.163 e. The van der Waals surface area contributed by atoms with Crippen molar-refractivity contribution in [2.24, 2.45) is 5.92 Å². The fourth-order valence-electron chi connectivity index (χ4n) is 5.34. The number of allylic oxidation sites excluding steroid dienone is 7. The Labute approximate surface area is 233 Å².